The van der Waals surface area contributed by atoms with Crippen molar-refractivity contribution < 1.29 is 26.9 Å². The molecule has 1 amide bonds. The van der Waals surface area contributed by atoms with Gasteiger partial charge in [-0.1, -0.05) is 6.07 Å². The fourth-order valence-corrected chi connectivity index (χ4v) is 3.99. The molecule has 1 saturated carbocycles. The number of thiophene rings is 1. The van der Waals surface area contributed by atoms with Crippen LogP contribution in [0.15, 0.2) is 17.5 Å². The average molecular weight is 392 g/mol. The van der Waals surface area contributed by atoms with E-state index in [-0.39, 0.29) is 36.4 Å². The molecule has 1 aromatic rings. The molecule has 6 N–H and O–H groups in total. The van der Waals surface area contributed by atoms with Crippen LogP contribution >= 0.6 is 11.3 Å². The number of hydroxylamine groups is 2. The number of nitrogens with two attached hydrogens (primary N) is 1. The van der Waals surface area contributed by atoms with Gasteiger partial charge in [-0.3, -0.25) is 14.2 Å². The van der Waals surface area contributed by atoms with Crippen LogP contribution in [0, 0.1) is 11.8 Å². The Kier molecular flexibility index (Phi) is 5.70. The first-order chi connectivity index (χ1) is 11.8. The van der Waals surface area contributed by atoms with Crippen molar-refractivity contribution in [2.24, 2.45) is 17.6 Å². The van der Waals surface area contributed by atoms with Gasteiger partial charge in [0.25, 0.3) is 5.91 Å². The van der Waals surface area contributed by atoms with Crippen molar-refractivity contribution in [3.63, 3.8) is 0 Å². The van der Waals surface area contributed by atoms with E-state index in [0.29, 0.717) is 6.54 Å². The first-order valence-corrected chi connectivity index (χ1v) is 9.95. The Morgan fingerprint density at radius 2 is 2.32 bits per heavy atom. The summed E-state index contributed by atoms with van der Waals surface area (Å²) in [5.74, 6) is -0.155. The van der Waals surface area contributed by atoms with Crippen LogP contribution in [0.3, 0.4) is 0 Å². The van der Waals surface area contributed by atoms with Crippen LogP contribution in [0.4, 0.5) is 0 Å². The van der Waals surface area contributed by atoms with Crippen molar-refractivity contribution in [3.05, 3.63) is 22.4 Å². The summed E-state index contributed by atoms with van der Waals surface area (Å²) in [6.07, 6.45) is 0.742. The van der Waals surface area contributed by atoms with Gasteiger partial charge in [0.05, 0.1) is 18.7 Å². The summed E-state index contributed by atoms with van der Waals surface area (Å²) in [6, 6.07) is 2.77. The Morgan fingerprint density at radius 3 is 3.00 bits per heavy atom. The fraction of sp³-hybridized carbons (Fsp3) is 0.615. The van der Waals surface area contributed by atoms with Gasteiger partial charge in [0.15, 0.2) is 0 Å². The molecule has 0 spiro atoms. The molecule has 1 aliphatic heterocycles. The molecule has 0 radical (unpaired) electrons. The van der Waals surface area contributed by atoms with Gasteiger partial charge < -0.3 is 11.1 Å². The van der Waals surface area contributed by atoms with Crippen LogP contribution in [-0.2, 0) is 24.3 Å². The van der Waals surface area contributed by atoms with Gasteiger partial charge >= 0.3 is 10.4 Å². The maximum absolute atomic E-state index is 12.2. The Bertz CT molecular complexity index is 697. The van der Waals surface area contributed by atoms with Crippen LogP contribution in [0.2, 0.25) is 0 Å². The summed E-state index contributed by atoms with van der Waals surface area (Å²) in [6.45, 7) is 0.489. The first kappa shape index (κ1) is 18.7. The molecule has 12 heteroatoms. The van der Waals surface area contributed by atoms with Gasteiger partial charge in [-0.05, 0) is 29.7 Å². The third-order valence-corrected chi connectivity index (χ3v) is 5.64. The van der Waals surface area contributed by atoms with Crippen LogP contribution in [-0.4, -0.2) is 44.1 Å². The highest BCUT2D eigenvalue weighted by Gasteiger charge is 2.53. The second-order valence-electron chi connectivity index (χ2n) is 6.08. The zero-order chi connectivity index (χ0) is 18.0. The number of hydrogen-bond donors (Lipinski definition) is 5. The minimum absolute atomic E-state index is 0.0471. The number of carbonyl (C=O) groups excluding carboxylic acids is 1. The molecule has 2 heterocycles. The summed E-state index contributed by atoms with van der Waals surface area (Å²) < 4.78 is 33.9. The summed E-state index contributed by atoms with van der Waals surface area (Å²) >= 11 is 1.52. The Labute approximate surface area is 148 Å². The van der Waals surface area contributed by atoms with E-state index in [1.54, 1.807) is 0 Å². The van der Waals surface area contributed by atoms with Gasteiger partial charge in [-0.2, -0.15) is 18.2 Å². The molecule has 2 aliphatic rings. The molecular weight excluding hydrogens is 372 g/mol. The monoisotopic (exact) mass is 392 g/mol. The van der Waals surface area contributed by atoms with Crippen LogP contribution in [0.1, 0.15) is 17.3 Å². The Hall–Kier alpha value is -1.12. The highest BCUT2D eigenvalue weighted by atomic mass is 32.3. The molecule has 5 atom stereocenters. The topological polar surface area (TPSA) is 152 Å². The Morgan fingerprint density at radius 1 is 1.52 bits per heavy atom. The number of carbonyl (C=O) groups is 1. The molecule has 25 heavy (non-hydrogen) atoms. The van der Waals surface area contributed by atoms with Gasteiger partial charge in [-0.25, -0.2) is 5.48 Å². The third-order valence-electron chi connectivity index (χ3n) is 4.33. The second kappa shape index (κ2) is 7.63. The highest BCUT2D eigenvalue weighted by molar-refractivity contribution is 7.80. The SMILES string of the molecule is NC(CONC(=O)[C@H]1NC[C@H](NOS(=O)(=O)O)C2CC21)c1cccs1. The molecule has 140 valence electrons. The van der Waals surface area contributed by atoms with E-state index in [4.69, 9.17) is 15.1 Å². The smallest absolute Gasteiger partial charge is 0.321 e. The molecule has 1 aliphatic carbocycles. The maximum atomic E-state index is 12.2. The quantitative estimate of drug-likeness (QED) is 0.280. The summed E-state index contributed by atoms with van der Waals surface area (Å²) in [7, 11) is -4.55. The summed E-state index contributed by atoms with van der Waals surface area (Å²) in [5, 5.41) is 4.94. The first-order valence-electron chi connectivity index (χ1n) is 7.70. The van der Waals surface area contributed by atoms with Crippen LogP contribution in [0.5, 0.6) is 0 Å². The van der Waals surface area contributed by atoms with E-state index in [9.17, 15) is 13.2 Å². The minimum atomic E-state index is -4.55. The van der Waals surface area contributed by atoms with E-state index in [0.717, 1.165) is 11.3 Å². The average Bonchev–Trinajstić information content (AvgIpc) is 3.15. The van der Waals surface area contributed by atoms with Crippen molar-refractivity contribution in [2.75, 3.05) is 13.2 Å². The lowest BCUT2D eigenvalue weighted by Gasteiger charge is -2.28. The van der Waals surface area contributed by atoms with Crippen molar-refractivity contribution in [1.29, 1.82) is 0 Å². The summed E-state index contributed by atoms with van der Waals surface area (Å²) in [5.41, 5.74) is 10.7. The molecule has 10 nitrogen and oxygen atoms in total. The number of hydrogen-bond acceptors (Lipinski definition) is 9. The zero-order valence-corrected chi connectivity index (χ0v) is 14.8. The molecule has 1 aromatic heterocycles. The largest absolute Gasteiger partial charge is 0.413 e. The van der Waals surface area contributed by atoms with Crippen molar-refractivity contribution in [3.8, 4) is 0 Å². The van der Waals surface area contributed by atoms with Crippen molar-refractivity contribution in [1.82, 2.24) is 16.3 Å². The minimum Gasteiger partial charge on any atom is -0.321 e. The number of piperidine rings is 1. The lowest BCUT2D eigenvalue weighted by Crippen LogP contribution is -2.55. The normalized spacial score (nSPS) is 29.7. The lowest BCUT2D eigenvalue weighted by atomic mass is 10.0. The predicted molar refractivity (Wildman–Crippen MR) is 88.3 cm³/mol. The van der Waals surface area contributed by atoms with E-state index < -0.39 is 16.4 Å². The van der Waals surface area contributed by atoms with Gasteiger partial charge in [-0.15, -0.1) is 11.3 Å². The van der Waals surface area contributed by atoms with E-state index in [1.807, 2.05) is 17.5 Å². The number of amides is 1. The maximum Gasteiger partial charge on any atom is 0.413 e. The molecule has 0 aromatic carbocycles. The zero-order valence-electron chi connectivity index (χ0n) is 13.1. The number of fused-ring (bicyclic) bond motifs is 1. The van der Waals surface area contributed by atoms with Crippen LogP contribution in [0.25, 0.3) is 0 Å². The van der Waals surface area contributed by atoms with Gasteiger partial charge in [0.2, 0.25) is 0 Å². The third kappa shape index (κ3) is 4.95. The molecule has 1 saturated heterocycles. The van der Waals surface area contributed by atoms with Crippen LogP contribution < -0.4 is 22.0 Å². The second-order valence-corrected chi connectivity index (χ2v) is 8.09. The molecule has 0 bridgehead atoms. The van der Waals surface area contributed by atoms with E-state index in [1.165, 1.54) is 11.3 Å². The predicted octanol–water partition coefficient (Wildman–Crippen LogP) is -0.904. The molecule has 3 rings (SSSR count). The molecular formula is C13H20N4O6S2. The van der Waals surface area contributed by atoms with Crippen molar-refractivity contribution >= 4 is 27.6 Å². The fourth-order valence-electron chi connectivity index (χ4n) is 3.03. The van der Waals surface area contributed by atoms with E-state index in [2.05, 4.69) is 20.6 Å². The van der Waals surface area contributed by atoms with Gasteiger partial charge in [0, 0.05) is 17.5 Å². The molecule has 2 fully saturated rings. The lowest BCUT2D eigenvalue weighted by molar-refractivity contribution is -0.137. The molecule has 3 unspecified atom stereocenters. The summed E-state index contributed by atoms with van der Waals surface area (Å²) in [4.78, 5) is 18.4. The number of rotatable bonds is 8. The van der Waals surface area contributed by atoms with Crippen molar-refractivity contribution in [2.45, 2.75) is 24.5 Å². The van der Waals surface area contributed by atoms with Gasteiger partial charge in [0.1, 0.15) is 0 Å². The van der Waals surface area contributed by atoms with E-state index >= 15 is 0 Å². The highest BCUT2D eigenvalue weighted by Crippen LogP contribution is 2.46. The number of nitrogens with one attached hydrogen (secondary N) is 3. The standard InChI is InChI=1S/C13H20N4O6S2/c14-9(11-2-1-3-24-11)6-22-17-13(18)12-8-4-7(8)10(5-15-12)16-23-25(19,20)21/h1-3,7-10,12,15-16H,4-6,14H2,(H,17,18)(H,19,20,21)/t7?,8?,9?,10-,12-/m0/s1. The Balaban J connectivity index is 1.40.